The number of carbonyl (C=O) groups excluding carboxylic acids is 1. The maximum atomic E-state index is 12.2. The summed E-state index contributed by atoms with van der Waals surface area (Å²) in [6.07, 6.45) is 4.15. The zero-order valence-electron chi connectivity index (χ0n) is 18.3. The Hall–Kier alpha value is -4.00. The van der Waals surface area contributed by atoms with Crippen LogP contribution in [0.4, 0.5) is 11.6 Å². The number of anilines is 2. The Bertz CT molecular complexity index is 1090. The Morgan fingerprint density at radius 1 is 1.09 bits per heavy atom. The van der Waals surface area contributed by atoms with Crippen molar-refractivity contribution >= 4 is 35.1 Å². The number of aryl methyl sites for hydroxylation is 2. The number of carbonyl (C=O) groups is 1. The number of amides is 1. The van der Waals surface area contributed by atoms with Crippen molar-refractivity contribution in [3.63, 3.8) is 0 Å². The number of hydrogen-bond donors (Lipinski definition) is 6. The van der Waals surface area contributed by atoms with Crippen molar-refractivity contribution in [2.75, 3.05) is 24.6 Å². The highest BCUT2D eigenvalue weighted by Crippen LogP contribution is 2.17. The monoisotopic (exact) mass is 487 g/mol. The minimum atomic E-state index is -0.693. The molecule has 0 saturated carbocycles. The molecule has 0 bridgehead atoms. The van der Waals surface area contributed by atoms with E-state index in [2.05, 4.69) is 41.2 Å². The van der Waals surface area contributed by atoms with E-state index >= 15 is 0 Å². The van der Waals surface area contributed by atoms with Gasteiger partial charge in [0.15, 0.2) is 28.4 Å². The Balaban J connectivity index is 1.29. The van der Waals surface area contributed by atoms with Crippen LogP contribution in [0, 0.1) is 5.41 Å². The first-order valence-corrected chi connectivity index (χ1v) is 11.0. The summed E-state index contributed by atoms with van der Waals surface area (Å²) in [5.74, 6) is 0.479. The first-order valence-electron chi connectivity index (χ1n) is 10.6. The van der Waals surface area contributed by atoms with E-state index in [-0.39, 0.29) is 28.4 Å². The third-order valence-corrected chi connectivity index (χ3v) is 4.97. The van der Waals surface area contributed by atoms with Crippen LogP contribution in [0.25, 0.3) is 0 Å². The minimum Gasteiger partial charge on any atom is -0.494 e. The molecular weight excluding hydrogens is 462 g/mol. The second-order valence-electron chi connectivity index (χ2n) is 7.29. The summed E-state index contributed by atoms with van der Waals surface area (Å²) in [5.41, 5.74) is 12.1. The van der Waals surface area contributed by atoms with Gasteiger partial charge >= 0.3 is 0 Å². The fraction of sp³-hybridized carbons (Fsp3) is 0.350. The molecule has 2 aromatic heterocycles. The number of halogens is 1. The van der Waals surface area contributed by atoms with Crippen LogP contribution in [-0.2, 0) is 12.8 Å². The van der Waals surface area contributed by atoms with Crippen LogP contribution in [0.15, 0.2) is 24.3 Å². The van der Waals surface area contributed by atoms with Crippen molar-refractivity contribution in [1.82, 2.24) is 41.2 Å². The Morgan fingerprint density at radius 3 is 2.62 bits per heavy atom. The van der Waals surface area contributed by atoms with Crippen molar-refractivity contribution in [2.24, 2.45) is 0 Å². The van der Waals surface area contributed by atoms with Crippen molar-refractivity contribution in [3.05, 3.63) is 46.5 Å². The molecule has 13 nitrogen and oxygen atoms in total. The highest BCUT2D eigenvalue weighted by Gasteiger charge is 2.16. The number of ether oxygens (including phenoxy) is 1. The molecule has 0 atom stereocenters. The molecule has 180 valence electrons. The molecule has 34 heavy (non-hydrogen) atoms. The fourth-order valence-corrected chi connectivity index (χ4v) is 3.09. The van der Waals surface area contributed by atoms with Gasteiger partial charge in [-0.1, -0.05) is 23.7 Å². The molecule has 8 N–H and O–H groups in total. The van der Waals surface area contributed by atoms with Crippen molar-refractivity contribution < 1.29 is 9.53 Å². The molecule has 2 heterocycles. The number of nitrogens with zero attached hydrogens (tertiary/aromatic N) is 5. The molecule has 0 aliphatic rings. The third kappa shape index (κ3) is 7.55. The first-order chi connectivity index (χ1) is 16.4. The van der Waals surface area contributed by atoms with E-state index in [0.717, 1.165) is 43.7 Å². The number of nitrogen functional groups attached to an aromatic ring is 2. The number of guanidine groups is 1. The van der Waals surface area contributed by atoms with Gasteiger partial charge in [-0.25, -0.2) is 15.1 Å². The van der Waals surface area contributed by atoms with E-state index in [1.807, 2.05) is 24.3 Å². The molecule has 0 aliphatic carbocycles. The standard InChI is InChI=1S/C20H26ClN11O2/c21-16-18(23)27-17(22)15(26-16)19(33)28-20(24)25-10-2-1-4-12-6-8-13(9-7-12)34-11-3-5-14-29-31-32-30-14/h6-9H,1-5,10-11H2,(H4,22,23,27)(H3,24,25,28,33)(H,29,30,31,32). The largest absolute Gasteiger partial charge is 0.494 e. The number of hydrogen-bond acceptors (Lipinski definition) is 10. The number of benzene rings is 1. The van der Waals surface area contributed by atoms with Crippen LogP contribution in [-0.4, -0.2) is 55.6 Å². The maximum Gasteiger partial charge on any atom is 0.280 e. The summed E-state index contributed by atoms with van der Waals surface area (Å²) in [5, 5.41) is 26.5. The topological polar surface area (TPSA) is 206 Å². The Labute approximate surface area is 200 Å². The summed E-state index contributed by atoms with van der Waals surface area (Å²) in [6.45, 7) is 1.10. The minimum absolute atomic E-state index is 0.0666. The number of nitrogens with one attached hydrogen (secondary N) is 4. The van der Waals surface area contributed by atoms with Gasteiger partial charge in [-0.05, 0) is 53.8 Å². The number of aromatic amines is 1. The van der Waals surface area contributed by atoms with Crippen LogP contribution in [0.3, 0.4) is 0 Å². The lowest BCUT2D eigenvalue weighted by Crippen LogP contribution is -2.41. The van der Waals surface area contributed by atoms with Crippen LogP contribution in [0.5, 0.6) is 5.75 Å². The van der Waals surface area contributed by atoms with E-state index in [1.54, 1.807) is 0 Å². The lowest BCUT2D eigenvalue weighted by molar-refractivity contribution is 0.0971. The lowest BCUT2D eigenvalue weighted by Gasteiger charge is -2.10. The highest BCUT2D eigenvalue weighted by atomic mass is 35.5. The van der Waals surface area contributed by atoms with Gasteiger partial charge in [0.1, 0.15) is 11.6 Å². The summed E-state index contributed by atoms with van der Waals surface area (Å²) in [7, 11) is 0. The molecule has 0 spiro atoms. The Kier molecular flexibility index (Phi) is 8.91. The Morgan fingerprint density at radius 2 is 1.88 bits per heavy atom. The molecule has 0 fully saturated rings. The molecule has 3 aromatic rings. The summed E-state index contributed by atoms with van der Waals surface area (Å²) < 4.78 is 5.73. The van der Waals surface area contributed by atoms with Gasteiger partial charge < -0.3 is 21.5 Å². The zero-order chi connectivity index (χ0) is 24.3. The van der Waals surface area contributed by atoms with E-state index in [9.17, 15) is 4.79 Å². The van der Waals surface area contributed by atoms with Gasteiger partial charge in [0.05, 0.1) is 6.61 Å². The average Bonchev–Trinajstić information content (AvgIpc) is 3.33. The third-order valence-electron chi connectivity index (χ3n) is 4.69. The fourth-order valence-electron chi connectivity index (χ4n) is 2.96. The highest BCUT2D eigenvalue weighted by molar-refractivity contribution is 6.31. The number of aromatic nitrogens is 6. The van der Waals surface area contributed by atoms with E-state index < -0.39 is 5.91 Å². The lowest BCUT2D eigenvalue weighted by atomic mass is 10.1. The predicted octanol–water partition coefficient (Wildman–Crippen LogP) is 1.10. The molecule has 14 heteroatoms. The number of tetrazole rings is 1. The van der Waals surface area contributed by atoms with Crippen LogP contribution in [0.1, 0.15) is 41.1 Å². The van der Waals surface area contributed by atoms with Crippen LogP contribution < -0.4 is 26.8 Å². The second kappa shape index (κ2) is 12.3. The van der Waals surface area contributed by atoms with Gasteiger partial charge in [0.2, 0.25) is 0 Å². The van der Waals surface area contributed by atoms with Gasteiger partial charge in [-0.3, -0.25) is 15.5 Å². The normalized spacial score (nSPS) is 10.6. The van der Waals surface area contributed by atoms with Crippen LogP contribution >= 0.6 is 11.6 Å². The van der Waals surface area contributed by atoms with Crippen molar-refractivity contribution in [2.45, 2.75) is 32.1 Å². The van der Waals surface area contributed by atoms with Gasteiger partial charge in [-0.2, -0.15) is 0 Å². The number of nitrogens with two attached hydrogens (primary N) is 2. The molecule has 3 rings (SSSR count). The quantitative estimate of drug-likeness (QED) is 0.129. The average molecular weight is 488 g/mol. The second-order valence-corrected chi connectivity index (χ2v) is 7.65. The van der Waals surface area contributed by atoms with E-state index in [0.29, 0.717) is 13.2 Å². The molecule has 1 amide bonds. The van der Waals surface area contributed by atoms with E-state index in [1.165, 1.54) is 5.56 Å². The number of H-pyrrole nitrogens is 1. The van der Waals surface area contributed by atoms with Crippen molar-refractivity contribution in [3.8, 4) is 5.75 Å². The molecule has 0 saturated heterocycles. The molecule has 1 aromatic carbocycles. The molecule has 0 radical (unpaired) electrons. The van der Waals surface area contributed by atoms with Gasteiger partial charge in [0.25, 0.3) is 5.91 Å². The SMILES string of the molecule is N=C(NCCCCc1ccc(OCCCc2nnn[nH]2)cc1)NC(=O)c1nc(Cl)c(N)nc1N. The molecular formula is C20H26ClN11O2. The van der Waals surface area contributed by atoms with E-state index in [4.69, 9.17) is 33.2 Å². The first kappa shape index (κ1) is 24.6. The van der Waals surface area contributed by atoms with Gasteiger partial charge in [-0.15, -0.1) is 5.10 Å². The molecule has 0 aliphatic heterocycles. The smallest absolute Gasteiger partial charge is 0.280 e. The molecule has 0 unspecified atom stereocenters. The van der Waals surface area contributed by atoms with Gasteiger partial charge in [0, 0.05) is 13.0 Å². The zero-order valence-corrected chi connectivity index (χ0v) is 19.1. The summed E-state index contributed by atoms with van der Waals surface area (Å²) in [4.78, 5) is 19.7. The summed E-state index contributed by atoms with van der Waals surface area (Å²) in [6, 6.07) is 7.98. The van der Waals surface area contributed by atoms with Crippen molar-refractivity contribution in [1.29, 1.82) is 5.41 Å². The predicted molar refractivity (Wildman–Crippen MR) is 126 cm³/mol. The number of unbranched alkanes of at least 4 members (excludes halogenated alkanes) is 1. The van der Waals surface area contributed by atoms with Crippen LogP contribution in [0.2, 0.25) is 5.15 Å². The summed E-state index contributed by atoms with van der Waals surface area (Å²) >= 11 is 5.77. The number of rotatable bonds is 11. The maximum absolute atomic E-state index is 12.2.